The Bertz CT molecular complexity index is 971. The number of thioether (sulfide) groups is 1. The standard InChI is InChI=1S/C26H26O5S/c27-22-24(28-16-18-10-4-1-5-11-18)23-21(30-26(22)32-20-14-8-3-9-15-20)17-29-25(31-23)19-12-6-2-7-13-19/h1-15,21-27H,16-17H2/t21?,22?,23-,24?,25?,26-/m0/s1. The Hall–Kier alpha value is -2.19. The predicted molar refractivity (Wildman–Crippen MR) is 122 cm³/mol. The lowest BCUT2D eigenvalue weighted by molar-refractivity contribution is -0.325. The van der Waals surface area contributed by atoms with Crippen LogP contribution in [0, 0.1) is 0 Å². The van der Waals surface area contributed by atoms with Crippen LogP contribution in [-0.2, 0) is 25.6 Å². The Labute approximate surface area is 192 Å². The molecule has 0 aliphatic carbocycles. The van der Waals surface area contributed by atoms with E-state index in [4.69, 9.17) is 18.9 Å². The Morgan fingerprint density at radius 1 is 0.844 bits per heavy atom. The van der Waals surface area contributed by atoms with Gasteiger partial charge in [0, 0.05) is 10.5 Å². The lowest BCUT2D eigenvalue weighted by Gasteiger charge is -2.47. The molecule has 3 aromatic rings. The molecule has 0 amide bonds. The van der Waals surface area contributed by atoms with Crippen LogP contribution in [0.4, 0.5) is 0 Å². The molecule has 3 aromatic carbocycles. The maximum absolute atomic E-state index is 11.3. The van der Waals surface area contributed by atoms with Crippen LogP contribution < -0.4 is 0 Å². The minimum absolute atomic E-state index is 0.333. The number of ether oxygens (including phenoxy) is 4. The quantitative estimate of drug-likeness (QED) is 0.594. The average Bonchev–Trinajstić information content (AvgIpc) is 2.86. The van der Waals surface area contributed by atoms with E-state index in [1.165, 1.54) is 11.8 Å². The molecule has 0 bridgehead atoms. The molecule has 166 valence electrons. The second-order valence-electron chi connectivity index (χ2n) is 7.90. The summed E-state index contributed by atoms with van der Waals surface area (Å²) in [5, 5.41) is 11.3. The lowest BCUT2D eigenvalue weighted by atomic mass is 9.98. The maximum atomic E-state index is 11.3. The second kappa shape index (κ2) is 10.2. The highest BCUT2D eigenvalue weighted by atomic mass is 32.2. The number of aliphatic hydroxyl groups is 1. The largest absolute Gasteiger partial charge is 0.387 e. The molecule has 5 rings (SSSR count). The first-order chi connectivity index (χ1) is 15.8. The van der Waals surface area contributed by atoms with Gasteiger partial charge in [0.1, 0.15) is 29.9 Å². The Kier molecular flexibility index (Phi) is 6.88. The molecule has 2 fully saturated rings. The fourth-order valence-corrected chi connectivity index (χ4v) is 5.11. The molecule has 0 spiro atoms. The summed E-state index contributed by atoms with van der Waals surface area (Å²) >= 11 is 1.49. The van der Waals surface area contributed by atoms with Crippen LogP contribution in [0.5, 0.6) is 0 Å². The molecule has 0 saturated carbocycles. The topological polar surface area (TPSA) is 57.2 Å². The van der Waals surface area contributed by atoms with Crippen LogP contribution >= 0.6 is 11.8 Å². The first kappa shape index (κ1) is 21.6. The molecule has 2 aliphatic rings. The number of aliphatic hydroxyl groups excluding tert-OH is 1. The van der Waals surface area contributed by atoms with E-state index in [-0.39, 0.29) is 6.10 Å². The van der Waals surface area contributed by atoms with Gasteiger partial charge >= 0.3 is 0 Å². The van der Waals surface area contributed by atoms with Gasteiger partial charge in [0.2, 0.25) is 0 Å². The van der Waals surface area contributed by atoms with Crippen molar-refractivity contribution in [2.24, 2.45) is 0 Å². The van der Waals surface area contributed by atoms with Crippen LogP contribution in [0.1, 0.15) is 17.4 Å². The second-order valence-corrected chi connectivity index (χ2v) is 9.07. The fraction of sp³-hybridized carbons (Fsp3) is 0.308. The van der Waals surface area contributed by atoms with Crippen molar-refractivity contribution in [2.75, 3.05) is 6.61 Å². The summed E-state index contributed by atoms with van der Waals surface area (Å²) in [6.45, 7) is 0.753. The van der Waals surface area contributed by atoms with Gasteiger partial charge in [0.15, 0.2) is 6.29 Å². The highest BCUT2D eigenvalue weighted by Gasteiger charge is 2.50. The third-order valence-electron chi connectivity index (χ3n) is 5.66. The molecule has 2 heterocycles. The summed E-state index contributed by atoms with van der Waals surface area (Å²) in [7, 11) is 0. The molecule has 32 heavy (non-hydrogen) atoms. The molecule has 6 atom stereocenters. The summed E-state index contributed by atoms with van der Waals surface area (Å²) < 4.78 is 24.8. The summed E-state index contributed by atoms with van der Waals surface area (Å²) in [6.07, 6.45) is -2.71. The van der Waals surface area contributed by atoms with Crippen molar-refractivity contribution in [1.29, 1.82) is 0 Å². The van der Waals surface area contributed by atoms with Crippen LogP contribution in [0.25, 0.3) is 0 Å². The van der Waals surface area contributed by atoms with Crippen LogP contribution in [-0.4, -0.2) is 41.6 Å². The zero-order valence-corrected chi connectivity index (χ0v) is 18.3. The van der Waals surface area contributed by atoms with E-state index in [0.29, 0.717) is 13.2 Å². The van der Waals surface area contributed by atoms with Gasteiger partial charge in [-0.1, -0.05) is 90.6 Å². The van der Waals surface area contributed by atoms with Crippen LogP contribution in [0.15, 0.2) is 95.9 Å². The molecular weight excluding hydrogens is 424 g/mol. The normalized spacial score (nSPS) is 29.9. The number of rotatable bonds is 6. The van der Waals surface area contributed by atoms with Gasteiger partial charge in [-0.15, -0.1) is 0 Å². The number of hydrogen-bond acceptors (Lipinski definition) is 6. The Balaban J connectivity index is 1.36. The van der Waals surface area contributed by atoms with Crippen LogP contribution in [0.2, 0.25) is 0 Å². The van der Waals surface area contributed by atoms with Gasteiger partial charge in [-0.25, -0.2) is 0 Å². The third kappa shape index (κ3) is 4.91. The molecule has 0 aromatic heterocycles. The highest BCUT2D eigenvalue weighted by molar-refractivity contribution is 7.99. The lowest BCUT2D eigenvalue weighted by Crippen LogP contribution is -2.61. The van der Waals surface area contributed by atoms with Gasteiger partial charge in [0.05, 0.1) is 13.2 Å². The van der Waals surface area contributed by atoms with Crippen molar-refractivity contribution in [2.45, 2.75) is 47.6 Å². The SMILES string of the molecule is OC1C(OCc2ccccc2)[C@H]2OC(c3ccccc3)OCC2O[C@H]1Sc1ccccc1. The zero-order chi connectivity index (χ0) is 21.8. The average molecular weight is 451 g/mol. The minimum Gasteiger partial charge on any atom is -0.387 e. The van der Waals surface area contributed by atoms with Crippen molar-refractivity contribution in [3.05, 3.63) is 102 Å². The van der Waals surface area contributed by atoms with Crippen molar-refractivity contribution in [3.8, 4) is 0 Å². The Morgan fingerprint density at radius 3 is 2.22 bits per heavy atom. The van der Waals surface area contributed by atoms with E-state index in [2.05, 4.69) is 0 Å². The van der Waals surface area contributed by atoms with Crippen molar-refractivity contribution < 1.29 is 24.1 Å². The first-order valence-electron chi connectivity index (χ1n) is 10.8. The van der Waals surface area contributed by atoms with E-state index in [1.54, 1.807) is 0 Å². The van der Waals surface area contributed by atoms with Gasteiger partial charge in [-0.05, 0) is 17.7 Å². The van der Waals surface area contributed by atoms with Crippen molar-refractivity contribution in [3.63, 3.8) is 0 Å². The van der Waals surface area contributed by atoms with Crippen LogP contribution in [0.3, 0.4) is 0 Å². The molecule has 2 saturated heterocycles. The van der Waals surface area contributed by atoms with Crippen molar-refractivity contribution >= 4 is 11.8 Å². The van der Waals surface area contributed by atoms with Gasteiger partial charge in [0.25, 0.3) is 0 Å². The summed E-state index contributed by atoms with van der Waals surface area (Å²) in [5.41, 5.74) is 1.49. The molecule has 4 unspecified atom stereocenters. The summed E-state index contributed by atoms with van der Waals surface area (Å²) in [4.78, 5) is 1.02. The monoisotopic (exact) mass is 450 g/mol. The fourth-order valence-electron chi connectivity index (χ4n) is 4.03. The van der Waals surface area contributed by atoms with E-state index >= 15 is 0 Å². The third-order valence-corrected chi connectivity index (χ3v) is 6.83. The van der Waals surface area contributed by atoms with Gasteiger partial charge in [-0.3, -0.25) is 0 Å². The predicted octanol–water partition coefficient (Wildman–Crippen LogP) is 4.56. The molecule has 1 N–H and O–H groups in total. The van der Waals surface area contributed by atoms with Gasteiger partial charge in [-0.2, -0.15) is 0 Å². The minimum atomic E-state index is -0.861. The summed E-state index contributed by atoms with van der Waals surface area (Å²) in [6, 6.07) is 29.7. The molecule has 5 nitrogen and oxygen atoms in total. The van der Waals surface area contributed by atoms with E-state index < -0.39 is 30.0 Å². The van der Waals surface area contributed by atoms with Crippen molar-refractivity contribution in [1.82, 2.24) is 0 Å². The Morgan fingerprint density at radius 2 is 1.50 bits per heavy atom. The summed E-state index contributed by atoms with van der Waals surface area (Å²) in [5.74, 6) is 0. The molecular formula is C26H26O5S. The molecule has 6 heteroatoms. The number of fused-ring (bicyclic) bond motifs is 1. The van der Waals surface area contributed by atoms with Gasteiger partial charge < -0.3 is 24.1 Å². The van der Waals surface area contributed by atoms with E-state index in [0.717, 1.165) is 16.0 Å². The maximum Gasteiger partial charge on any atom is 0.184 e. The zero-order valence-electron chi connectivity index (χ0n) is 17.5. The smallest absolute Gasteiger partial charge is 0.184 e. The highest BCUT2D eigenvalue weighted by Crippen LogP contribution is 2.40. The number of benzene rings is 3. The van der Waals surface area contributed by atoms with E-state index in [9.17, 15) is 5.11 Å². The van der Waals surface area contributed by atoms with E-state index in [1.807, 2.05) is 91.0 Å². The first-order valence-corrected chi connectivity index (χ1v) is 11.7. The molecule has 2 aliphatic heterocycles. The number of hydrogen-bond donors (Lipinski definition) is 1. The molecule has 0 radical (unpaired) electrons.